The van der Waals surface area contributed by atoms with Crippen molar-refractivity contribution in [1.29, 1.82) is 0 Å². The minimum atomic E-state index is -3.94. The molecule has 1 aromatic heterocycles. The summed E-state index contributed by atoms with van der Waals surface area (Å²) in [6, 6.07) is 8.43. The van der Waals surface area contributed by atoms with E-state index in [0.717, 1.165) is 36.4 Å². The van der Waals surface area contributed by atoms with Crippen LogP contribution in [-0.2, 0) is 14.8 Å². The number of nitrogens with zero attached hydrogens (tertiary/aromatic N) is 2. The number of likely N-dealkylation sites (N-methyl/N-ethyl adjacent to an activating group) is 1. The first kappa shape index (κ1) is 21.2. The highest BCUT2D eigenvalue weighted by molar-refractivity contribution is 7.89. The van der Waals surface area contributed by atoms with Crippen LogP contribution >= 0.6 is 0 Å². The van der Waals surface area contributed by atoms with Crippen LogP contribution in [-0.4, -0.2) is 41.9 Å². The second-order valence-corrected chi connectivity index (χ2v) is 9.09. The number of ether oxygens (including phenoxy) is 1. The number of hydrogen-bond donors (Lipinski definition) is 2. The van der Waals surface area contributed by atoms with Gasteiger partial charge in [-0.2, -0.15) is 4.31 Å². The molecule has 3 rings (SSSR count). The van der Waals surface area contributed by atoms with E-state index >= 15 is 0 Å². The van der Waals surface area contributed by atoms with E-state index in [-0.39, 0.29) is 10.8 Å². The zero-order valence-corrected chi connectivity index (χ0v) is 17.0. The number of aromatic nitrogens is 1. The molecule has 1 aliphatic rings. The molecule has 1 amide bonds. The van der Waals surface area contributed by atoms with Gasteiger partial charge in [-0.15, -0.1) is 0 Å². The Labute approximate surface area is 170 Å². The van der Waals surface area contributed by atoms with Gasteiger partial charge in [0.1, 0.15) is 17.5 Å². The van der Waals surface area contributed by atoms with Gasteiger partial charge >= 0.3 is 0 Å². The second-order valence-electron chi connectivity index (χ2n) is 7.10. The van der Waals surface area contributed by atoms with E-state index in [0.29, 0.717) is 11.5 Å². The molecule has 156 valence electrons. The van der Waals surface area contributed by atoms with E-state index < -0.39 is 22.0 Å². The summed E-state index contributed by atoms with van der Waals surface area (Å²) >= 11 is 0. The number of rotatable bonds is 7. The minimum Gasteiger partial charge on any atom is -0.457 e. The third-order valence-electron chi connectivity index (χ3n) is 5.25. The first-order valence-electron chi connectivity index (χ1n) is 9.53. The molecule has 2 N–H and O–H groups in total. The van der Waals surface area contributed by atoms with Crippen molar-refractivity contribution in [2.24, 2.45) is 5.92 Å². The van der Waals surface area contributed by atoms with Crippen molar-refractivity contribution in [2.75, 3.05) is 7.05 Å². The molecule has 0 saturated heterocycles. The number of pyridine rings is 1. The molecular formula is C20H25N3O5S. The predicted molar refractivity (Wildman–Crippen MR) is 106 cm³/mol. The molecule has 0 radical (unpaired) electrons. The lowest BCUT2D eigenvalue weighted by Crippen LogP contribution is -2.51. The average molecular weight is 420 g/mol. The Balaban J connectivity index is 1.81. The molecule has 1 aromatic carbocycles. The summed E-state index contributed by atoms with van der Waals surface area (Å²) in [7, 11) is -2.56. The molecule has 0 spiro atoms. The van der Waals surface area contributed by atoms with Gasteiger partial charge in [-0.05, 0) is 55.2 Å². The van der Waals surface area contributed by atoms with Gasteiger partial charge in [-0.25, -0.2) is 13.9 Å². The van der Waals surface area contributed by atoms with Gasteiger partial charge in [0, 0.05) is 19.4 Å². The van der Waals surface area contributed by atoms with E-state index in [1.807, 2.05) is 0 Å². The van der Waals surface area contributed by atoms with Gasteiger partial charge in [0.25, 0.3) is 5.91 Å². The molecule has 1 aliphatic carbocycles. The number of carbonyl (C=O) groups is 1. The average Bonchev–Trinajstić information content (AvgIpc) is 2.75. The molecule has 0 bridgehead atoms. The zero-order chi connectivity index (χ0) is 20.9. The summed E-state index contributed by atoms with van der Waals surface area (Å²) in [5.41, 5.74) is 1.63. The SMILES string of the molecule is CN([C@@H](C(=O)NO)C1CCCCC1)S(=O)(=O)c1ccc(Oc2ccncc2)cc1. The van der Waals surface area contributed by atoms with Crippen LogP contribution in [0, 0.1) is 5.92 Å². The highest BCUT2D eigenvalue weighted by atomic mass is 32.2. The van der Waals surface area contributed by atoms with Crippen LogP contribution in [0.2, 0.25) is 0 Å². The summed E-state index contributed by atoms with van der Waals surface area (Å²) < 4.78 is 33.0. The van der Waals surface area contributed by atoms with Crippen LogP contribution in [0.25, 0.3) is 0 Å². The maximum Gasteiger partial charge on any atom is 0.262 e. The monoisotopic (exact) mass is 419 g/mol. The fourth-order valence-corrected chi connectivity index (χ4v) is 5.11. The van der Waals surface area contributed by atoms with Crippen LogP contribution < -0.4 is 10.2 Å². The smallest absolute Gasteiger partial charge is 0.262 e. The van der Waals surface area contributed by atoms with Gasteiger partial charge in [0.15, 0.2) is 0 Å². The van der Waals surface area contributed by atoms with Gasteiger partial charge in [-0.3, -0.25) is 15.0 Å². The summed E-state index contributed by atoms with van der Waals surface area (Å²) in [5.74, 6) is 0.227. The molecular weight excluding hydrogens is 394 g/mol. The Morgan fingerprint density at radius 1 is 1.10 bits per heavy atom. The van der Waals surface area contributed by atoms with Crippen LogP contribution in [0.15, 0.2) is 53.7 Å². The van der Waals surface area contributed by atoms with E-state index in [1.54, 1.807) is 42.1 Å². The molecule has 2 aromatic rings. The Morgan fingerprint density at radius 3 is 2.28 bits per heavy atom. The fraction of sp³-hybridized carbons (Fsp3) is 0.400. The highest BCUT2D eigenvalue weighted by Crippen LogP contribution is 2.32. The van der Waals surface area contributed by atoms with Crippen LogP contribution in [0.4, 0.5) is 0 Å². The van der Waals surface area contributed by atoms with E-state index in [1.165, 1.54) is 19.2 Å². The molecule has 1 heterocycles. The van der Waals surface area contributed by atoms with Crippen LogP contribution in [0.1, 0.15) is 32.1 Å². The van der Waals surface area contributed by atoms with Gasteiger partial charge < -0.3 is 4.74 Å². The van der Waals surface area contributed by atoms with Crippen LogP contribution in [0.3, 0.4) is 0 Å². The minimum absolute atomic E-state index is 0.0497. The molecule has 1 atom stereocenters. The van der Waals surface area contributed by atoms with E-state index in [4.69, 9.17) is 9.94 Å². The fourth-order valence-electron chi connectivity index (χ4n) is 3.73. The summed E-state index contributed by atoms with van der Waals surface area (Å²) in [6.45, 7) is 0. The summed E-state index contributed by atoms with van der Waals surface area (Å²) in [4.78, 5) is 16.3. The number of sulfonamides is 1. The number of benzene rings is 1. The molecule has 1 saturated carbocycles. The number of carbonyl (C=O) groups excluding carboxylic acids is 1. The number of nitrogens with one attached hydrogen (secondary N) is 1. The molecule has 0 unspecified atom stereocenters. The summed E-state index contributed by atoms with van der Waals surface area (Å²) in [6.07, 6.45) is 7.64. The first-order valence-corrected chi connectivity index (χ1v) is 11.0. The third kappa shape index (κ3) is 4.92. The largest absolute Gasteiger partial charge is 0.457 e. The highest BCUT2D eigenvalue weighted by Gasteiger charge is 2.38. The first-order chi connectivity index (χ1) is 13.9. The molecule has 29 heavy (non-hydrogen) atoms. The van der Waals surface area contributed by atoms with Gasteiger partial charge in [-0.1, -0.05) is 19.3 Å². The second kappa shape index (κ2) is 9.34. The topological polar surface area (TPSA) is 109 Å². The number of amides is 1. The van der Waals surface area contributed by atoms with Crippen LogP contribution in [0.5, 0.6) is 11.5 Å². The normalized spacial score (nSPS) is 16.4. The Morgan fingerprint density at radius 2 is 1.69 bits per heavy atom. The van der Waals surface area contributed by atoms with Gasteiger partial charge in [0.2, 0.25) is 10.0 Å². The zero-order valence-electron chi connectivity index (χ0n) is 16.2. The maximum atomic E-state index is 13.1. The Hall–Kier alpha value is -2.49. The van der Waals surface area contributed by atoms with Crippen molar-refractivity contribution < 1.29 is 23.2 Å². The van der Waals surface area contributed by atoms with Crippen molar-refractivity contribution in [2.45, 2.75) is 43.0 Å². The quantitative estimate of drug-likeness (QED) is 0.528. The number of hydroxylamine groups is 1. The van der Waals surface area contributed by atoms with Crippen molar-refractivity contribution in [3.8, 4) is 11.5 Å². The lowest BCUT2D eigenvalue weighted by molar-refractivity contribution is -0.135. The van der Waals surface area contributed by atoms with Crippen molar-refractivity contribution in [3.05, 3.63) is 48.8 Å². The molecule has 0 aliphatic heterocycles. The van der Waals surface area contributed by atoms with Crippen molar-refractivity contribution in [3.63, 3.8) is 0 Å². The third-order valence-corrected chi connectivity index (χ3v) is 7.11. The van der Waals surface area contributed by atoms with E-state index in [9.17, 15) is 13.2 Å². The van der Waals surface area contributed by atoms with Crippen molar-refractivity contribution >= 4 is 15.9 Å². The molecule has 1 fully saturated rings. The molecule has 9 heteroatoms. The summed E-state index contributed by atoms with van der Waals surface area (Å²) in [5, 5.41) is 9.16. The Bertz CT molecular complexity index is 913. The maximum absolute atomic E-state index is 13.1. The van der Waals surface area contributed by atoms with Gasteiger partial charge in [0.05, 0.1) is 4.90 Å². The number of hydrogen-bond acceptors (Lipinski definition) is 6. The lowest BCUT2D eigenvalue weighted by Gasteiger charge is -2.34. The van der Waals surface area contributed by atoms with Crippen molar-refractivity contribution in [1.82, 2.24) is 14.8 Å². The standard InChI is InChI=1S/C20H25N3O5S/c1-23(19(20(24)22-25)15-5-3-2-4-6-15)29(26,27)18-9-7-16(8-10-18)28-17-11-13-21-14-12-17/h7-15,19,25H,2-6H2,1H3,(H,22,24)/t19-/m1/s1. The van der Waals surface area contributed by atoms with E-state index in [2.05, 4.69) is 4.98 Å². The lowest BCUT2D eigenvalue weighted by atomic mass is 9.83. The predicted octanol–water partition coefficient (Wildman–Crippen LogP) is 2.95. The Kier molecular flexibility index (Phi) is 6.83. The molecule has 8 nitrogen and oxygen atoms in total.